The van der Waals surface area contributed by atoms with Gasteiger partial charge in [-0.2, -0.15) is 5.01 Å². The van der Waals surface area contributed by atoms with Gasteiger partial charge in [-0.1, -0.05) is 55.1 Å². The number of carbonyl (C=O) groups excluding carboxylic acids is 5. The second-order valence-corrected chi connectivity index (χ2v) is 9.22. The highest BCUT2D eigenvalue weighted by atomic mass is 16.6. The van der Waals surface area contributed by atoms with Gasteiger partial charge in [-0.15, -0.1) is 0 Å². The summed E-state index contributed by atoms with van der Waals surface area (Å²) in [5.41, 5.74) is 0.0890. The maximum atomic E-state index is 13.5. The topological polar surface area (TPSA) is 122 Å². The zero-order valence-electron chi connectivity index (χ0n) is 20.9. The number of urea groups is 1. The first kappa shape index (κ1) is 27.1. The van der Waals surface area contributed by atoms with Crippen LogP contribution in [0.25, 0.3) is 0 Å². The van der Waals surface area contributed by atoms with Crippen LogP contribution in [-0.4, -0.2) is 58.1 Å². The summed E-state index contributed by atoms with van der Waals surface area (Å²) in [6, 6.07) is 12.5. The van der Waals surface area contributed by atoms with Gasteiger partial charge in [-0.25, -0.2) is 14.6 Å². The predicted octanol–water partition coefficient (Wildman–Crippen LogP) is 3.24. The number of amides is 4. The number of hydrogen-bond acceptors (Lipinski definition) is 7. The van der Waals surface area contributed by atoms with Crippen LogP contribution in [0.5, 0.6) is 0 Å². The van der Waals surface area contributed by atoms with Crippen LogP contribution in [-0.2, 0) is 25.6 Å². The molecule has 1 atom stereocenters. The van der Waals surface area contributed by atoms with E-state index in [1.165, 1.54) is 18.2 Å². The number of hydrogen-bond donors (Lipinski definition) is 1. The number of ether oxygens (including phenoxy) is 2. The number of hydrazine groups is 1. The second-order valence-electron chi connectivity index (χ2n) is 9.22. The van der Waals surface area contributed by atoms with Crippen LogP contribution < -0.4 is 5.32 Å². The van der Waals surface area contributed by atoms with Gasteiger partial charge in [0.1, 0.15) is 18.2 Å². The maximum Gasteiger partial charge on any atom is 0.337 e. The molecule has 0 radical (unpaired) electrons. The van der Waals surface area contributed by atoms with Crippen molar-refractivity contribution >= 4 is 29.8 Å². The molecule has 10 nitrogen and oxygen atoms in total. The largest absolute Gasteiger partial charge is 0.460 e. The summed E-state index contributed by atoms with van der Waals surface area (Å²) in [5.74, 6) is -3.03. The molecular formula is C27H29N3O7. The minimum absolute atomic E-state index is 0.147. The molecule has 1 N–H and O–H groups in total. The van der Waals surface area contributed by atoms with E-state index in [2.05, 4.69) is 11.9 Å². The van der Waals surface area contributed by atoms with Crippen LogP contribution in [0.3, 0.4) is 0 Å². The molecule has 1 heterocycles. The van der Waals surface area contributed by atoms with Gasteiger partial charge in [0.25, 0.3) is 11.8 Å². The SMILES string of the molecule is C=CCOC(=O)[C@H](CC(=O)OC(C)(C)C)NC(=O)N(Cc1ccccc1)N1C(=O)c2ccccc2C1=O. The molecule has 2 aromatic rings. The Morgan fingerprint density at radius 3 is 2.11 bits per heavy atom. The number of nitrogens with one attached hydrogen (secondary N) is 1. The van der Waals surface area contributed by atoms with Crippen molar-refractivity contribution in [3.63, 3.8) is 0 Å². The van der Waals surface area contributed by atoms with Crippen molar-refractivity contribution in [1.82, 2.24) is 15.3 Å². The van der Waals surface area contributed by atoms with Crippen LogP contribution in [0.1, 0.15) is 53.5 Å². The monoisotopic (exact) mass is 507 g/mol. The van der Waals surface area contributed by atoms with E-state index in [1.807, 2.05) is 0 Å². The number of esters is 2. The quantitative estimate of drug-likeness (QED) is 0.314. The van der Waals surface area contributed by atoms with Crippen LogP contribution in [0, 0.1) is 0 Å². The molecule has 0 spiro atoms. The highest BCUT2D eigenvalue weighted by Crippen LogP contribution is 2.25. The Labute approximate surface area is 214 Å². The molecule has 0 saturated carbocycles. The van der Waals surface area contributed by atoms with E-state index in [1.54, 1.807) is 63.2 Å². The summed E-state index contributed by atoms with van der Waals surface area (Å²) in [4.78, 5) is 65.0. The van der Waals surface area contributed by atoms with E-state index < -0.39 is 47.8 Å². The van der Waals surface area contributed by atoms with Crippen LogP contribution in [0.2, 0.25) is 0 Å². The van der Waals surface area contributed by atoms with Gasteiger partial charge in [-0.3, -0.25) is 14.4 Å². The number of nitrogens with zero attached hydrogens (tertiary/aromatic N) is 2. The molecule has 1 aliphatic rings. The average Bonchev–Trinajstić information content (AvgIpc) is 3.10. The molecule has 4 amide bonds. The minimum Gasteiger partial charge on any atom is -0.460 e. The summed E-state index contributed by atoms with van der Waals surface area (Å²) < 4.78 is 10.3. The van der Waals surface area contributed by atoms with Gasteiger partial charge in [0, 0.05) is 0 Å². The minimum atomic E-state index is -1.45. The lowest BCUT2D eigenvalue weighted by molar-refractivity contribution is -0.159. The van der Waals surface area contributed by atoms with E-state index in [0.29, 0.717) is 5.56 Å². The lowest BCUT2D eigenvalue weighted by Crippen LogP contribution is -2.56. The molecule has 0 aliphatic carbocycles. The Bertz CT molecular complexity index is 1170. The molecule has 194 valence electrons. The Morgan fingerprint density at radius 2 is 1.57 bits per heavy atom. The van der Waals surface area contributed by atoms with Crippen LogP contribution >= 0.6 is 0 Å². The first-order chi connectivity index (χ1) is 17.5. The fraction of sp³-hybridized carbons (Fsp3) is 0.296. The molecule has 0 fully saturated rings. The molecule has 2 aromatic carbocycles. The lowest BCUT2D eigenvalue weighted by atomic mass is 10.1. The Hall–Kier alpha value is -4.47. The second kappa shape index (κ2) is 11.5. The van der Waals surface area contributed by atoms with Gasteiger partial charge in [0.2, 0.25) is 0 Å². The van der Waals surface area contributed by atoms with Gasteiger partial charge in [-0.05, 0) is 38.5 Å². The molecule has 3 rings (SSSR count). The predicted molar refractivity (Wildman–Crippen MR) is 133 cm³/mol. The molecule has 10 heteroatoms. The smallest absolute Gasteiger partial charge is 0.337 e. The van der Waals surface area contributed by atoms with Gasteiger partial charge < -0.3 is 14.8 Å². The first-order valence-electron chi connectivity index (χ1n) is 11.6. The number of benzene rings is 2. The lowest BCUT2D eigenvalue weighted by Gasteiger charge is -2.31. The highest BCUT2D eigenvalue weighted by molar-refractivity contribution is 6.21. The Kier molecular flexibility index (Phi) is 8.44. The first-order valence-corrected chi connectivity index (χ1v) is 11.6. The summed E-state index contributed by atoms with van der Waals surface area (Å²) in [6.07, 6.45) is 0.811. The molecule has 0 aromatic heterocycles. The molecule has 37 heavy (non-hydrogen) atoms. The van der Waals surface area contributed by atoms with Crippen molar-refractivity contribution in [1.29, 1.82) is 0 Å². The molecule has 0 unspecified atom stereocenters. The van der Waals surface area contributed by atoms with Crippen molar-refractivity contribution in [3.8, 4) is 0 Å². The zero-order chi connectivity index (χ0) is 27.2. The third-order valence-corrected chi connectivity index (χ3v) is 5.14. The third-order valence-electron chi connectivity index (χ3n) is 5.14. The van der Waals surface area contributed by atoms with Crippen molar-refractivity contribution in [2.45, 2.75) is 45.4 Å². The zero-order valence-corrected chi connectivity index (χ0v) is 20.9. The Balaban J connectivity index is 1.91. The Morgan fingerprint density at radius 1 is 1.00 bits per heavy atom. The van der Waals surface area contributed by atoms with E-state index >= 15 is 0 Å². The van der Waals surface area contributed by atoms with Crippen molar-refractivity contribution < 1.29 is 33.4 Å². The van der Waals surface area contributed by atoms with Crippen LogP contribution in [0.15, 0.2) is 67.3 Å². The highest BCUT2D eigenvalue weighted by Gasteiger charge is 2.42. The van der Waals surface area contributed by atoms with Crippen molar-refractivity contribution in [2.24, 2.45) is 0 Å². The van der Waals surface area contributed by atoms with E-state index in [-0.39, 0.29) is 24.3 Å². The summed E-state index contributed by atoms with van der Waals surface area (Å²) >= 11 is 0. The van der Waals surface area contributed by atoms with Crippen LogP contribution in [0.4, 0.5) is 4.79 Å². The molecule has 0 saturated heterocycles. The van der Waals surface area contributed by atoms with Crippen molar-refractivity contribution in [3.05, 3.63) is 83.9 Å². The summed E-state index contributed by atoms with van der Waals surface area (Å²) in [7, 11) is 0. The number of fused-ring (bicyclic) bond motifs is 1. The normalized spacial score (nSPS) is 13.4. The maximum absolute atomic E-state index is 13.5. The molecular weight excluding hydrogens is 478 g/mol. The van der Waals surface area contributed by atoms with Gasteiger partial charge in [0.05, 0.1) is 24.1 Å². The van der Waals surface area contributed by atoms with Gasteiger partial charge >= 0.3 is 18.0 Å². The standard InChI is InChI=1S/C27H29N3O7/c1-5-15-36-25(34)21(16-22(31)37-27(2,3)4)28-26(35)29(17-18-11-7-6-8-12-18)30-23(32)19-13-9-10-14-20(19)24(30)33/h5-14,21H,1,15-17H2,2-4H3,(H,28,35)/t21-/m0/s1. The molecule has 1 aliphatic heterocycles. The van der Waals surface area contributed by atoms with Crippen molar-refractivity contribution in [2.75, 3.05) is 6.61 Å². The fourth-order valence-electron chi connectivity index (χ4n) is 3.59. The summed E-state index contributed by atoms with van der Waals surface area (Å²) in [6.45, 7) is 8.16. The number of imide groups is 1. The van der Waals surface area contributed by atoms with E-state index in [0.717, 1.165) is 10.0 Å². The number of rotatable bonds is 9. The van der Waals surface area contributed by atoms with E-state index in [4.69, 9.17) is 9.47 Å². The summed E-state index contributed by atoms with van der Waals surface area (Å²) in [5, 5.41) is 4.07. The number of carbonyl (C=O) groups is 5. The fourth-order valence-corrected chi connectivity index (χ4v) is 3.59. The van der Waals surface area contributed by atoms with E-state index in [9.17, 15) is 24.0 Å². The van der Waals surface area contributed by atoms with Gasteiger partial charge in [0.15, 0.2) is 0 Å². The third kappa shape index (κ3) is 6.81. The average molecular weight is 508 g/mol. The molecule has 0 bridgehead atoms.